The molecule has 0 aromatic heterocycles. The largest absolute Gasteiger partial charge is 0.490 e. The molecule has 0 bridgehead atoms. The number of halogens is 3. The van der Waals surface area contributed by atoms with Gasteiger partial charge in [0.15, 0.2) is 0 Å². The highest BCUT2D eigenvalue weighted by molar-refractivity contribution is 7.92. The van der Waals surface area contributed by atoms with E-state index in [1.165, 1.54) is 0 Å². The van der Waals surface area contributed by atoms with Crippen LogP contribution < -0.4 is 10.0 Å². The van der Waals surface area contributed by atoms with Gasteiger partial charge >= 0.3 is 12.1 Å². The monoisotopic (exact) mass is 514 g/mol. The van der Waals surface area contributed by atoms with E-state index in [1.807, 2.05) is 39.0 Å². The van der Waals surface area contributed by atoms with E-state index in [4.69, 9.17) is 9.90 Å². The molecule has 3 rings (SSSR count). The Labute approximate surface area is 202 Å². The predicted molar refractivity (Wildman–Crippen MR) is 126 cm³/mol. The number of benzene rings is 2. The Balaban J connectivity index is 0.000000540. The Morgan fingerprint density at radius 1 is 1.09 bits per heavy atom. The number of carboxylic acids is 1. The van der Waals surface area contributed by atoms with Crippen molar-refractivity contribution < 1.29 is 36.3 Å². The van der Waals surface area contributed by atoms with Gasteiger partial charge in [0.05, 0.1) is 10.3 Å². The maximum atomic E-state index is 12.8. The number of hydrogen-bond donors (Lipinski definition) is 3. The van der Waals surface area contributed by atoms with E-state index in [0.29, 0.717) is 11.3 Å². The molecule has 0 heterocycles. The van der Waals surface area contributed by atoms with Crippen LogP contribution in [0, 0.1) is 13.8 Å². The van der Waals surface area contributed by atoms with Crippen LogP contribution in [0.25, 0.3) is 0 Å². The first kappa shape index (κ1) is 28.2. The molecule has 11 heteroatoms. The van der Waals surface area contributed by atoms with Gasteiger partial charge in [-0.25, -0.2) is 13.2 Å². The zero-order chi connectivity index (χ0) is 26.6. The molecule has 0 aliphatic heterocycles. The first-order chi connectivity index (χ1) is 16.1. The summed E-state index contributed by atoms with van der Waals surface area (Å²) in [5, 5.41) is 10.2. The van der Waals surface area contributed by atoms with E-state index in [0.717, 1.165) is 30.4 Å². The molecule has 0 saturated heterocycles. The van der Waals surface area contributed by atoms with E-state index in [2.05, 4.69) is 10.0 Å². The number of carboxylic acid groups (broad SMARTS) is 1. The fraction of sp³-hybridized carbons (Fsp3) is 0.417. The van der Waals surface area contributed by atoms with Crippen LogP contribution in [-0.4, -0.2) is 37.6 Å². The van der Waals surface area contributed by atoms with E-state index in [9.17, 15) is 26.4 Å². The van der Waals surface area contributed by atoms with Crippen LogP contribution in [0.15, 0.2) is 47.4 Å². The lowest BCUT2D eigenvalue weighted by atomic mass is 9.94. The summed E-state index contributed by atoms with van der Waals surface area (Å²) >= 11 is 0. The number of rotatable bonds is 7. The number of amides is 1. The van der Waals surface area contributed by atoms with Gasteiger partial charge in [0, 0.05) is 11.7 Å². The van der Waals surface area contributed by atoms with Gasteiger partial charge in [0.25, 0.3) is 10.0 Å². The third-order valence-corrected chi connectivity index (χ3v) is 7.26. The van der Waals surface area contributed by atoms with Crippen molar-refractivity contribution in [2.75, 3.05) is 4.72 Å². The van der Waals surface area contributed by atoms with Gasteiger partial charge in [-0.3, -0.25) is 9.52 Å². The number of sulfonamides is 1. The van der Waals surface area contributed by atoms with Gasteiger partial charge in [-0.2, -0.15) is 13.2 Å². The fourth-order valence-electron chi connectivity index (χ4n) is 3.30. The number of carbonyl (C=O) groups excluding carboxylic acids is 1. The average Bonchev–Trinajstić information content (AvgIpc) is 3.57. The third kappa shape index (κ3) is 7.20. The molecule has 1 aliphatic carbocycles. The Morgan fingerprint density at radius 2 is 1.63 bits per heavy atom. The molecule has 0 spiro atoms. The van der Waals surface area contributed by atoms with Gasteiger partial charge in [0.1, 0.15) is 0 Å². The van der Waals surface area contributed by atoms with Gasteiger partial charge in [-0.1, -0.05) is 31.2 Å². The molecule has 1 aliphatic rings. The first-order valence-electron chi connectivity index (χ1n) is 10.9. The summed E-state index contributed by atoms with van der Waals surface area (Å²) in [4.78, 5) is 21.8. The number of alkyl halides is 3. The normalized spacial score (nSPS) is 15.3. The van der Waals surface area contributed by atoms with Crippen molar-refractivity contribution in [3.63, 3.8) is 0 Å². The van der Waals surface area contributed by atoms with Crippen molar-refractivity contribution in [3.8, 4) is 0 Å². The number of aryl methyl sites for hydroxylation is 2. The molecule has 1 amide bonds. The number of carbonyl (C=O) groups is 2. The molecule has 2 aromatic carbocycles. The van der Waals surface area contributed by atoms with Crippen LogP contribution in [0.2, 0.25) is 0 Å². The number of nitrogens with one attached hydrogen (secondary N) is 2. The molecule has 7 nitrogen and oxygen atoms in total. The number of hydrogen-bond acceptors (Lipinski definition) is 4. The highest BCUT2D eigenvalue weighted by Gasteiger charge is 2.51. The summed E-state index contributed by atoms with van der Waals surface area (Å²) < 4.78 is 59.9. The highest BCUT2D eigenvalue weighted by Crippen LogP contribution is 2.48. The molecular formula is C24H29F3N2O5S. The lowest BCUT2D eigenvalue weighted by Crippen LogP contribution is -2.39. The van der Waals surface area contributed by atoms with E-state index in [1.54, 1.807) is 31.2 Å². The highest BCUT2D eigenvalue weighted by atomic mass is 32.2. The summed E-state index contributed by atoms with van der Waals surface area (Å²) in [5.74, 6) is -2.70. The summed E-state index contributed by atoms with van der Waals surface area (Å²) in [6.45, 7) is 7.69. The second kappa shape index (κ2) is 10.7. The molecule has 3 N–H and O–H groups in total. The minimum atomic E-state index is -5.08. The topological polar surface area (TPSA) is 113 Å². The zero-order valence-corrected chi connectivity index (χ0v) is 20.7. The van der Waals surface area contributed by atoms with Crippen molar-refractivity contribution >= 4 is 27.6 Å². The minimum absolute atomic E-state index is 0.0607. The standard InChI is InChI=1S/C22H28N2O3S.C2HF3O2/c1-5-17(4)23-21(25)22(12-13-22)18-8-10-19(11-9-18)24-28(26,27)20-14-15(2)6-7-16(20)3;3-2(4,5)1(6)7/h6-11,14,17,24H,5,12-13H2,1-4H3,(H,23,25);(H,6,7). The zero-order valence-electron chi connectivity index (χ0n) is 19.9. The summed E-state index contributed by atoms with van der Waals surface area (Å²) in [7, 11) is -3.66. The summed E-state index contributed by atoms with van der Waals surface area (Å²) in [6, 6.07) is 12.7. The van der Waals surface area contributed by atoms with Crippen LogP contribution >= 0.6 is 0 Å². The van der Waals surface area contributed by atoms with Crippen molar-refractivity contribution in [3.05, 3.63) is 59.2 Å². The number of aliphatic carboxylic acids is 1. The maximum Gasteiger partial charge on any atom is 0.490 e. The SMILES string of the molecule is CCC(C)NC(=O)C1(c2ccc(NS(=O)(=O)c3cc(C)ccc3C)cc2)CC1.O=C(O)C(F)(F)F. The molecular weight excluding hydrogens is 485 g/mol. The molecule has 1 fully saturated rings. The van der Waals surface area contributed by atoms with Gasteiger partial charge in [0.2, 0.25) is 5.91 Å². The molecule has 1 unspecified atom stereocenters. The quantitative estimate of drug-likeness (QED) is 0.497. The van der Waals surface area contributed by atoms with E-state index >= 15 is 0 Å². The Bertz CT molecular complexity index is 1170. The number of anilines is 1. The smallest absolute Gasteiger partial charge is 0.475 e. The van der Waals surface area contributed by atoms with Crippen LogP contribution in [0.1, 0.15) is 49.8 Å². The molecule has 35 heavy (non-hydrogen) atoms. The maximum absolute atomic E-state index is 12.8. The Kier molecular flexibility index (Phi) is 8.59. The summed E-state index contributed by atoms with van der Waals surface area (Å²) in [5.41, 5.74) is 2.55. The average molecular weight is 515 g/mol. The fourth-order valence-corrected chi connectivity index (χ4v) is 4.69. The van der Waals surface area contributed by atoms with Crippen molar-refractivity contribution in [2.45, 2.75) is 69.5 Å². The predicted octanol–water partition coefficient (Wildman–Crippen LogP) is 4.68. The lowest BCUT2D eigenvalue weighted by molar-refractivity contribution is -0.192. The molecule has 1 saturated carbocycles. The molecule has 0 radical (unpaired) electrons. The van der Waals surface area contributed by atoms with Crippen molar-refractivity contribution in [1.29, 1.82) is 0 Å². The van der Waals surface area contributed by atoms with Gasteiger partial charge < -0.3 is 10.4 Å². The lowest BCUT2D eigenvalue weighted by Gasteiger charge is -2.19. The van der Waals surface area contributed by atoms with Crippen LogP contribution in [0.3, 0.4) is 0 Å². The Hall–Kier alpha value is -3.08. The van der Waals surface area contributed by atoms with Crippen molar-refractivity contribution in [2.24, 2.45) is 0 Å². The van der Waals surface area contributed by atoms with Gasteiger partial charge in [-0.05, 0) is 74.9 Å². The van der Waals surface area contributed by atoms with Crippen molar-refractivity contribution in [1.82, 2.24) is 5.32 Å². The van der Waals surface area contributed by atoms with E-state index in [-0.39, 0.29) is 16.8 Å². The molecule has 2 aromatic rings. The van der Waals surface area contributed by atoms with Crippen LogP contribution in [-0.2, 0) is 25.0 Å². The van der Waals surface area contributed by atoms with Gasteiger partial charge in [-0.15, -0.1) is 0 Å². The Morgan fingerprint density at radius 3 is 2.09 bits per heavy atom. The summed E-state index contributed by atoms with van der Waals surface area (Å²) in [6.07, 6.45) is -2.55. The second-order valence-corrected chi connectivity index (χ2v) is 10.3. The van der Waals surface area contributed by atoms with E-state index < -0.39 is 27.6 Å². The second-order valence-electron chi connectivity index (χ2n) is 8.62. The van der Waals surface area contributed by atoms with Crippen LogP contribution in [0.4, 0.5) is 18.9 Å². The molecule has 1 atom stereocenters. The first-order valence-corrected chi connectivity index (χ1v) is 12.4. The minimum Gasteiger partial charge on any atom is -0.475 e. The third-order valence-electron chi connectivity index (χ3n) is 5.74. The molecule has 192 valence electrons. The van der Waals surface area contributed by atoms with Crippen LogP contribution in [0.5, 0.6) is 0 Å².